The van der Waals surface area contributed by atoms with Crippen LogP contribution in [0.1, 0.15) is 19.8 Å². The van der Waals surface area contributed by atoms with Crippen molar-refractivity contribution in [3.05, 3.63) is 0 Å². The fourth-order valence-corrected chi connectivity index (χ4v) is 1.69. The minimum atomic E-state index is -0.797. The van der Waals surface area contributed by atoms with Crippen LogP contribution >= 0.6 is 0 Å². The van der Waals surface area contributed by atoms with Crippen LogP contribution in [-0.2, 0) is 14.4 Å². The lowest BCUT2D eigenvalue weighted by Crippen LogP contribution is -2.44. The average molecular weight is 228 g/mol. The number of nitrogens with one attached hydrogen (secondary N) is 1. The third-order valence-corrected chi connectivity index (χ3v) is 2.69. The van der Waals surface area contributed by atoms with Crippen molar-refractivity contribution >= 4 is 17.8 Å². The first kappa shape index (κ1) is 12.5. The number of amides is 2. The summed E-state index contributed by atoms with van der Waals surface area (Å²) in [4.78, 5) is 34.4. The number of carbonyl (C=O) groups excluding carboxylic acids is 2. The molecule has 0 aromatic rings. The van der Waals surface area contributed by atoms with Gasteiger partial charge in [-0.1, -0.05) is 0 Å². The predicted molar refractivity (Wildman–Crippen MR) is 55.6 cm³/mol. The number of nitrogens with zero attached hydrogens (tertiary/aromatic N) is 1. The second-order valence-electron chi connectivity index (χ2n) is 3.90. The molecule has 16 heavy (non-hydrogen) atoms. The van der Waals surface area contributed by atoms with Crippen LogP contribution in [0.5, 0.6) is 0 Å². The molecule has 0 unspecified atom stereocenters. The number of carbonyl (C=O) groups is 3. The van der Waals surface area contributed by atoms with Gasteiger partial charge in [0.1, 0.15) is 0 Å². The normalized spacial score (nSPS) is 16.9. The molecule has 6 heteroatoms. The van der Waals surface area contributed by atoms with E-state index in [9.17, 15) is 14.4 Å². The molecule has 1 aliphatic heterocycles. The molecule has 90 valence electrons. The quantitative estimate of drug-likeness (QED) is 0.678. The van der Waals surface area contributed by atoms with Crippen LogP contribution in [0.25, 0.3) is 0 Å². The summed E-state index contributed by atoms with van der Waals surface area (Å²) in [6, 6.07) is 0. The van der Waals surface area contributed by atoms with E-state index >= 15 is 0 Å². The minimum absolute atomic E-state index is 0.00687. The number of hydrogen-bond donors (Lipinski definition) is 2. The number of piperidine rings is 1. The Labute approximate surface area is 93.6 Å². The lowest BCUT2D eigenvalue weighted by molar-refractivity contribution is -0.145. The number of rotatable bonds is 3. The highest BCUT2D eigenvalue weighted by Gasteiger charge is 2.26. The lowest BCUT2D eigenvalue weighted by Gasteiger charge is -2.30. The van der Waals surface area contributed by atoms with Crippen molar-refractivity contribution in [1.29, 1.82) is 0 Å². The molecule has 0 atom stereocenters. The Bertz CT molecular complexity index is 295. The maximum atomic E-state index is 11.5. The molecule has 0 aromatic carbocycles. The van der Waals surface area contributed by atoms with E-state index in [1.807, 2.05) is 0 Å². The molecular formula is C10H16N2O4. The van der Waals surface area contributed by atoms with Crippen molar-refractivity contribution in [2.75, 3.05) is 19.6 Å². The second kappa shape index (κ2) is 5.48. The molecule has 1 aliphatic rings. The molecule has 2 amide bonds. The third-order valence-electron chi connectivity index (χ3n) is 2.69. The van der Waals surface area contributed by atoms with Gasteiger partial charge in [-0.2, -0.15) is 0 Å². The largest absolute Gasteiger partial charge is 0.481 e. The molecule has 0 spiro atoms. The summed E-state index contributed by atoms with van der Waals surface area (Å²) < 4.78 is 0. The van der Waals surface area contributed by atoms with Gasteiger partial charge in [0.15, 0.2) is 0 Å². The number of carboxylic acid groups (broad SMARTS) is 1. The van der Waals surface area contributed by atoms with E-state index in [4.69, 9.17) is 5.11 Å². The van der Waals surface area contributed by atoms with E-state index in [1.54, 1.807) is 4.90 Å². The van der Waals surface area contributed by atoms with E-state index < -0.39 is 5.97 Å². The monoisotopic (exact) mass is 228 g/mol. The molecule has 0 saturated carbocycles. The Morgan fingerprint density at radius 3 is 2.31 bits per heavy atom. The number of aliphatic carboxylic acids is 1. The van der Waals surface area contributed by atoms with Crippen LogP contribution in [-0.4, -0.2) is 47.4 Å². The second-order valence-corrected chi connectivity index (χ2v) is 3.90. The summed E-state index contributed by atoms with van der Waals surface area (Å²) in [5, 5.41) is 11.2. The van der Waals surface area contributed by atoms with E-state index in [-0.39, 0.29) is 24.3 Å². The third kappa shape index (κ3) is 3.52. The Kier molecular flexibility index (Phi) is 4.28. The van der Waals surface area contributed by atoms with Crippen molar-refractivity contribution in [3.63, 3.8) is 0 Å². The summed E-state index contributed by atoms with van der Waals surface area (Å²) in [5.74, 6) is -1.54. The van der Waals surface area contributed by atoms with Crippen molar-refractivity contribution in [2.24, 2.45) is 5.92 Å². The zero-order valence-electron chi connectivity index (χ0n) is 9.23. The van der Waals surface area contributed by atoms with Crippen LogP contribution in [0.2, 0.25) is 0 Å². The fraction of sp³-hybridized carbons (Fsp3) is 0.700. The molecule has 1 saturated heterocycles. The highest BCUT2D eigenvalue weighted by molar-refractivity contribution is 5.83. The van der Waals surface area contributed by atoms with E-state index in [0.29, 0.717) is 25.9 Å². The summed E-state index contributed by atoms with van der Waals surface area (Å²) in [6.45, 7) is 2.25. The van der Waals surface area contributed by atoms with Crippen molar-refractivity contribution < 1.29 is 19.5 Å². The van der Waals surface area contributed by atoms with Gasteiger partial charge in [-0.25, -0.2) is 0 Å². The first-order valence-electron chi connectivity index (χ1n) is 5.25. The molecule has 1 heterocycles. The van der Waals surface area contributed by atoms with E-state index in [2.05, 4.69) is 5.32 Å². The number of hydrogen-bond acceptors (Lipinski definition) is 3. The van der Waals surface area contributed by atoms with Crippen LogP contribution in [0.4, 0.5) is 0 Å². The topological polar surface area (TPSA) is 86.7 Å². The molecule has 0 bridgehead atoms. The number of carboxylic acids is 1. The van der Waals surface area contributed by atoms with Gasteiger partial charge in [0.25, 0.3) is 0 Å². The molecule has 6 nitrogen and oxygen atoms in total. The Balaban J connectivity index is 2.33. The summed E-state index contributed by atoms with van der Waals surface area (Å²) in [6.07, 6.45) is 0.974. The molecule has 0 aliphatic carbocycles. The van der Waals surface area contributed by atoms with Crippen molar-refractivity contribution in [2.45, 2.75) is 19.8 Å². The van der Waals surface area contributed by atoms with Crippen molar-refractivity contribution in [1.82, 2.24) is 10.2 Å². The van der Waals surface area contributed by atoms with Gasteiger partial charge >= 0.3 is 5.97 Å². The summed E-state index contributed by atoms with van der Waals surface area (Å²) in [5.41, 5.74) is 0. The average Bonchev–Trinajstić information content (AvgIpc) is 2.26. The van der Waals surface area contributed by atoms with Crippen LogP contribution in [0, 0.1) is 5.92 Å². The highest BCUT2D eigenvalue weighted by Crippen LogP contribution is 2.16. The molecule has 1 rings (SSSR count). The lowest BCUT2D eigenvalue weighted by atomic mass is 9.97. The molecular weight excluding hydrogens is 212 g/mol. The zero-order valence-corrected chi connectivity index (χ0v) is 9.23. The maximum Gasteiger partial charge on any atom is 0.306 e. The summed E-state index contributed by atoms with van der Waals surface area (Å²) >= 11 is 0. The summed E-state index contributed by atoms with van der Waals surface area (Å²) in [7, 11) is 0. The van der Waals surface area contributed by atoms with Gasteiger partial charge in [0.2, 0.25) is 11.8 Å². The van der Waals surface area contributed by atoms with Crippen molar-refractivity contribution in [3.8, 4) is 0 Å². The Morgan fingerprint density at radius 1 is 1.31 bits per heavy atom. The predicted octanol–water partition coefficient (Wildman–Crippen LogP) is -0.554. The highest BCUT2D eigenvalue weighted by atomic mass is 16.4. The Hall–Kier alpha value is -1.59. The number of likely N-dealkylation sites (tertiary alicyclic amines) is 1. The van der Waals surface area contributed by atoms with Gasteiger partial charge in [-0.05, 0) is 12.8 Å². The zero-order chi connectivity index (χ0) is 12.1. The minimum Gasteiger partial charge on any atom is -0.481 e. The molecule has 1 fully saturated rings. The first-order chi connectivity index (χ1) is 7.50. The van der Waals surface area contributed by atoms with Gasteiger partial charge in [0.05, 0.1) is 12.5 Å². The van der Waals surface area contributed by atoms with E-state index in [1.165, 1.54) is 6.92 Å². The van der Waals surface area contributed by atoms with Gasteiger partial charge < -0.3 is 15.3 Å². The van der Waals surface area contributed by atoms with Crippen LogP contribution in [0.3, 0.4) is 0 Å². The van der Waals surface area contributed by atoms with E-state index in [0.717, 1.165) is 0 Å². The SMILES string of the molecule is CC(=O)NCC(=O)N1CCC(C(=O)O)CC1. The van der Waals surface area contributed by atoms with Gasteiger partial charge in [-0.15, -0.1) is 0 Å². The Morgan fingerprint density at radius 2 is 1.88 bits per heavy atom. The molecule has 0 aromatic heterocycles. The maximum absolute atomic E-state index is 11.5. The van der Waals surface area contributed by atoms with Crippen LogP contribution in [0.15, 0.2) is 0 Å². The smallest absolute Gasteiger partial charge is 0.306 e. The van der Waals surface area contributed by atoms with Gasteiger partial charge in [0, 0.05) is 20.0 Å². The molecule has 2 N–H and O–H groups in total. The van der Waals surface area contributed by atoms with Crippen LogP contribution < -0.4 is 5.32 Å². The first-order valence-corrected chi connectivity index (χ1v) is 5.25. The standard InChI is InChI=1S/C10H16N2O4/c1-7(13)11-6-9(14)12-4-2-8(3-5-12)10(15)16/h8H,2-6H2,1H3,(H,11,13)(H,15,16). The molecule has 0 radical (unpaired) electrons. The fourth-order valence-electron chi connectivity index (χ4n) is 1.69. The van der Waals surface area contributed by atoms with Gasteiger partial charge in [-0.3, -0.25) is 14.4 Å².